The fourth-order valence-electron chi connectivity index (χ4n) is 3.56. The summed E-state index contributed by atoms with van der Waals surface area (Å²) in [4.78, 5) is 4.96. The molecule has 0 spiro atoms. The van der Waals surface area contributed by atoms with E-state index in [2.05, 4.69) is 64.3 Å². The Labute approximate surface area is 142 Å². The van der Waals surface area contributed by atoms with Crippen LogP contribution < -0.4 is 4.90 Å². The molecule has 1 aromatic heterocycles. The van der Waals surface area contributed by atoms with E-state index in [-0.39, 0.29) is 0 Å². The van der Waals surface area contributed by atoms with Gasteiger partial charge in [0.15, 0.2) is 0 Å². The van der Waals surface area contributed by atoms with Crippen LogP contribution in [0, 0.1) is 6.92 Å². The van der Waals surface area contributed by atoms with Crippen molar-refractivity contribution in [3.63, 3.8) is 0 Å². The summed E-state index contributed by atoms with van der Waals surface area (Å²) in [7, 11) is 0. The largest absolute Gasteiger partial charge is 0.366 e. The number of rotatable bonds is 3. The molecule has 2 heterocycles. The fourth-order valence-corrected chi connectivity index (χ4v) is 3.56. The molecular weight excluding hydrogens is 298 g/mol. The second-order valence-electron chi connectivity index (χ2n) is 6.68. The van der Waals surface area contributed by atoms with E-state index in [1.807, 2.05) is 22.9 Å². The van der Waals surface area contributed by atoms with Gasteiger partial charge in [0, 0.05) is 31.4 Å². The minimum Gasteiger partial charge on any atom is -0.366 e. The standard InChI is InChI=1S/C19H23N5/c1-15-6-5-7-17(12-15)23-11-10-22(13-16(23)2)14-24-19-9-4-3-8-18(19)20-21-24/h3-9,12,16H,10-11,13-14H2,1-2H3. The SMILES string of the molecule is Cc1cccc(N2CCN(Cn3nnc4ccccc43)CC2C)c1. The van der Waals surface area contributed by atoms with Crippen LogP contribution in [0.5, 0.6) is 0 Å². The summed E-state index contributed by atoms with van der Waals surface area (Å²) in [5.41, 5.74) is 4.71. The van der Waals surface area contributed by atoms with Crippen LogP contribution in [0.25, 0.3) is 11.0 Å². The summed E-state index contributed by atoms with van der Waals surface area (Å²) >= 11 is 0. The van der Waals surface area contributed by atoms with Crippen LogP contribution in [0.4, 0.5) is 5.69 Å². The highest BCUT2D eigenvalue weighted by atomic mass is 15.5. The first-order valence-corrected chi connectivity index (χ1v) is 8.54. The summed E-state index contributed by atoms with van der Waals surface area (Å²) in [6.07, 6.45) is 0. The van der Waals surface area contributed by atoms with Gasteiger partial charge in [-0.1, -0.05) is 29.5 Å². The number of nitrogens with zero attached hydrogens (tertiary/aromatic N) is 5. The molecule has 0 aliphatic carbocycles. The molecule has 0 amide bonds. The van der Waals surface area contributed by atoms with Crippen molar-refractivity contribution in [2.24, 2.45) is 0 Å². The number of hydrogen-bond acceptors (Lipinski definition) is 4. The van der Waals surface area contributed by atoms with E-state index in [1.54, 1.807) is 0 Å². The van der Waals surface area contributed by atoms with Crippen LogP contribution in [-0.2, 0) is 6.67 Å². The van der Waals surface area contributed by atoms with Gasteiger partial charge in [0.2, 0.25) is 0 Å². The van der Waals surface area contributed by atoms with Gasteiger partial charge in [-0.2, -0.15) is 0 Å². The lowest BCUT2D eigenvalue weighted by atomic mass is 10.1. The second kappa shape index (κ2) is 6.24. The van der Waals surface area contributed by atoms with Gasteiger partial charge in [0.1, 0.15) is 5.52 Å². The van der Waals surface area contributed by atoms with Crippen molar-refractivity contribution in [1.82, 2.24) is 19.9 Å². The average molecular weight is 321 g/mol. The highest BCUT2D eigenvalue weighted by Gasteiger charge is 2.24. The van der Waals surface area contributed by atoms with Crippen molar-refractivity contribution in [1.29, 1.82) is 0 Å². The molecule has 1 saturated heterocycles. The number of benzene rings is 2. The van der Waals surface area contributed by atoms with Crippen molar-refractivity contribution in [2.75, 3.05) is 24.5 Å². The van der Waals surface area contributed by atoms with Crippen LogP contribution in [0.15, 0.2) is 48.5 Å². The Balaban J connectivity index is 1.47. The van der Waals surface area contributed by atoms with Crippen molar-refractivity contribution >= 4 is 16.7 Å². The Morgan fingerprint density at radius 2 is 1.96 bits per heavy atom. The second-order valence-corrected chi connectivity index (χ2v) is 6.68. The molecule has 4 rings (SSSR count). The van der Waals surface area contributed by atoms with Gasteiger partial charge in [-0.3, -0.25) is 4.90 Å². The summed E-state index contributed by atoms with van der Waals surface area (Å²) < 4.78 is 2.00. The van der Waals surface area contributed by atoms with Crippen LogP contribution in [0.1, 0.15) is 12.5 Å². The maximum absolute atomic E-state index is 4.31. The molecule has 1 fully saturated rings. The first-order valence-electron chi connectivity index (χ1n) is 8.54. The van der Waals surface area contributed by atoms with Crippen LogP contribution in [0.3, 0.4) is 0 Å². The van der Waals surface area contributed by atoms with Gasteiger partial charge in [-0.15, -0.1) is 5.10 Å². The number of para-hydroxylation sites is 1. The molecule has 1 aliphatic heterocycles. The first-order chi connectivity index (χ1) is 11.7. The minimum atomic E-state index is 0.482. The Morgan fingerprint density at radius 3 is 2.79 bits per heavy atom. The van der Waals surface area contributed by atoms with Gasteiger partial charge in [-0.25, -0.2) is 4.68 Å². The van der Waals surface area contributed by atoms with E-state index in [9.17, 15) is 0 Å². The smallest absolute Gasteiger partial charge is 0.113 e. The molecule has 1 atom stereocenters. The maximum Gasteiger partial charge on any atom is 0.113 e. The Kier molecular flexibility index (Phi) is 3.94. The molecule has 0 bridgehead atoms. The van der Waals surface area contributed by atoms with Gasteiger partial charge >= 0.3 is 0 Å². The maximum atomic E-state index is 4.31. The molecular formula is C19H23N5. The van der Waals surface area contributed by atoms with Gasteiger partial charge in [0.25, 0.3) is 0 Å². The highest BCUT2D eigenvalue weighted by Crippen LogP contribution is 2.22. The third-order valence-electron chi connectivity index (χ3n) is 4.80. The molecule has 124 valence electrons. The predicted octanol–water partition coefficient (Wildman–Crippen LogP) is 2.91. The van der Waals surface area contributed by atoms with Crippen molar-refractivity contribution in [3.8, 4) is 0 Å². The van der Waals surface area contributed by atoms with Gasteiger partial charge in [-0.05, 0) is 43.7 Å². The number of anilines is 1. The zero-order valence-electron chi connectivity index (χ0n) is 14.3. The zero-order chi connectivity index (χ0) is 16.5. The van der Waals surface area contributed by atoms with E-state index in [1.165, 1.54) is 11.3 Å². The summed E-state index contributed by atoms with van der Waals surface area (Å²) in [6, 6.07) is 17.4. The average Bonchev–Trinajstić information content (AvgIpc) is 2.98. The summed E-state index contributed by atoms with van der Waals surface area (Å²) in [5.74, 6) is 0. The van der Waals surface area contributed by atoms with Crippen LogP contribution >= 0.6 is 0 Å². The molecule has 1 unspecified atom stereocenters. The lowest BCUT2D eigenvalue weighted by Gasteiger charge is -2.41. The number of piperazine rings is 1. The molecule has 3 aromatic rings. The number of hydrogen-bond donors (Lipinski definition) is 0. The van der Waals surface area contributed by atoms with E-state index < -0.39 is 0 Å². The lowest BCUT2D eigenvalue weighted by Crippen LogP contribution is -2.52. The quantitative estimate of drug-likeness (QED) is 0.743. The van der Waals surface area contributed by atoms with E-state index in [4.69, 9.17) is 0 Å². The molecule has 1 aliphatic rings. The van der Waals surface area contributed by atoms with Crippen molar-refractivity contribution in [2.45, 2.75) is 26.6 Å². The predicted molar refractivity (Wildman–Crippen MR) is 97.1 cm³/mol. The molecule has 0 radical (unpaired) electrons. The molecule has 24 heavy (non-hydrogen) atoms. The molecule has 0 saturated carbocycles. The molecule has 5 heteroatoms. The Morgan fingerprint density at radius 1 is 1.08 bits per heavy atom. The first kappa shape index (κ1) is 15.1. The minimum absolute atomic E-state index is 0.482. The zero-order valence-corrected chi connectivity index (χ0v) is 14.3. The number of fused-ring (bicyclic) bond motifs is 1. The van der Waals surface area contributed by atoms with Crippen LogP contribution in [-0.4, -0.2) is 45.6 Å². The van der Waals surface area contributed by atoms with Crippen LogP contribution in [0.2, 0.25) is 0 Å². The number of aromatic nitrogens is 3. The third kappa shape index (κ3) is 2.87. The third-order valence-corrected chi connectivity index (χ3v) is 4.80. The number of aryl methyl sites for hydroxylation is 1. The highest BCUT2D eigenvalue weighted by molar-refractivity contribution is 5.73. The molecule has 0 N–H and O–H groups in total. The summed E-state index contributed by atoms with van der Waals surface area (Å²) in [6.45, 7) is 8.35. The van der Waals surface area contributed by atoms with E-state index >= 15 is 0 Å². The van der Waals surface area contributed by atoms with Gasteiger partial charge in [0.05, 0.1) is 12.2 Å². The monoisotopic (exact) mass is 321 g/mol. The topological polar surface area (TPSA) is 37.2 Å². The van der Waals surface area contributed by atoms with Gasteiger partial charge < -0.3 is 4.90 Å². The van der Waals surface area contributed by atoms with Crippen molar-refractivity contribution < 1.29 is 0 Å². The lowest BCUT2D eigenvalue weighted by molar-refractivity contribution is 0.176. The van der Waals surface area contributed by atoms with Crippen molar-refractivity contribution in [3.05, 3.63) is 54.1 Å². The van der Waals surface area contributed by atoms with E-state index in [0.717, 1.165) is 37.3 Å². The fraction of sp³-hybridized carbons (Fsp3) is 0.368. The normalized spacial score (nSPS) is 19.1. The Bertz CT molecular complexity index is 840. The molecule has 5 nitrogen and oxygen atoms in total. The van der Waals surface area contributed by atoms with E-state index in [0.29, 0.717) is 6.04 Å². The Hall–Kier alpha value is -2.40. The summed E-state index contributed by atoms with van der Waals surface area (Å²) in [5, 5.41) is 8.57. The molecule has 2 aromatic carbocycles.